The van der Waals surface area contributed by atoms with E-state index in [-0.39, 0.29) is 6.04 Å². The third kappa shape index (κ3) is 2.72. The minimum absolute atomic E-state index is 0.000602. The Morgan fingerprint density at radius 1 is 1.28 bits per heavy atom. The van der Waals surface area contributed by atoms with E-state index in [4.69, 9.17) is 27.6 Å². The van der Waals surface area contributed by atoms with E-state index < -0.39 is 0 Å². The molecule has 2 nitrogen and oxygen atoms in total. The van der Waals surface area contributed by atoms with Gasteiger partial charge in [-0.05, 0) is 48.3 Å². The Bertz CT molecular complexity index is 536. The lowest BCUT2D eigenvalue weighted by atomic mass is 10.00. The molecule has 0 saturated heterocycles. The summed E-state index contributed by atoms with van der Waals surface area (Å²) in [5.74, 6) is 0. The normalized spacial score (nSPS) is 12.7. The molecule has 0 amide bonds. The first-order valence-corrected chi connectivity index (χ1v) is 6.61. The van der Waals surface area contributed by atoms with Crippen LogP contribution in [0.25, 0.3) is 0 Å². The molecule has 1 aromatic heterocycles. The van der Waals surface area contributed by atoms with Crippen LogP contribution in [0.15, 0.2) is 34.9 Å². The summed E-state index contributed by atoms with van der Waals surface area (Å²) < 4.78 is 5.16. The molecule has 0 bridgehead atoms. The zero-order chi connectivity index (χ0) is 13.1. The van der Waals surface area contributed by atoms with Crippen LogP contribution in [0.2, 0.25) is 10.2 Å². The highest BCUT2D eigenvalue weighted by atomic mass is 35.5. The molecule has 96 valence electrons. The SMILES string of the molecule is CCNC(c1ccc(C)c(Cl)c1)c1ccoc1Cl. The highest BCUT2D eigenvalue weighted by molar-refractivity contribution is 6.31. The Morgan fingerprint density at radius 2 is 2.06 bits per heavy atom. The summed E-state index contributed by atoms with van der Waals surface area (Å²) in [6, 6.07) is 7.91. The molecule has 1 atom stereocenters. The zero-order valence-electron chi connectivity index (χ0n) is 10.3. The van der Waals surface area contributed by atoms with Crippen molar-refractivity contribution in [3.8, 4) is 0 Å². The molecule has 1 aromatic carbocycles. The van der Waals surface area contributed by atoms with Gasteiger partial charge in [0.2, 0.25) is 0 Å². The number of hydrogen-bond donors (Lipinski definition) is 1. The standard InChI is InChI=1S/C14H15Cl2NO/c1-3-17-13(11-6-7-18-14(11)16)10-5-4-9(2)12(15)8-10/h4-8,13,17H,3H2,1-2H3. The molecule has 2 aromatic rings. The fourth-order valence-corrected chi connectivity index (χ4v) is 2.32. The van der Waals surface area contributed by atoms with Gasteiger partial charge in [0.15, 0.2) is 5.22 Å². The number of hydrogen-bond acceptors (Lipinski definition) is 2. The fourth-order valence-electron chi connectivity index (χ4n) is 1.91. The van der Waals surface area contributed by atoms with Crippen molar-refractivity contribution in [3.63, 3.8) is 0 Å². The Labute approximate surface area is 117 Å². The van der Waals surface area contributed by atoms with Crippen LogP contribution in [0.4, 0.5) is 0 Å². The van der Waals surface area contributed by atoms with Gasteiger partial charge in [-0.2, -0.15) is 0 Å². The Kier molecular flexibility index (Phi) is 4.33. The summed E-state index contributed by atoms with van der Waals surface area (Å²) >= 11 is 12.2. The van der Waals surface area contributed by atoms with Crippen molar-refractivity contribution >= 4 is 23.2 Å². The van der Waals surface area contributed by atoms with Gasteiger partial charge in [0.05, 0.1) is 12.3 Å². The van der Waals surface area contributed by atoms with Gasteiger partial charge in [0.1, 0.15) is 0 Å². The van der Waals surface area contributed by atoms with Gasteiger partial charge in [-0.1, -0.05) is 30.7 Å². The van der Waals surface area contributed by atoms with Gasteiger partial charge in [-0.15, -0.1) is 0 Å². The Hall–Kier alpha value is -0.960. The first-order valence-electron chi connectivity index (χ1n) is 5.85. The van der Waals surface area contributed by atoms with Crippen molar-refractivity contribution in [3.05, 3.63) is 57.5 Å². The molecule has 0 aliphatic heterocycles. The van der Waals surface area contributed by atoms with Gasteiger partial charge in [-0.25, -0.2) is 0 Å². The maximum absolute atomic E-state index is 6.18. The molecule has 0 aliphatic carbocycles. The Morgan fingerprint density at radius 3 is 2.61 bits per heavy atom. The van der Waals surface area contributed by atoms with E-state index in [9.17, 15) is 0 Å². The van der Waals surface area contributed by atoms with Crippen molar-refractivity contribution in [2.24, 2.45) is 0 Å². The zero-order valence-corrected chi connectivity index (χ0v) is 11.8. The topological polar surface area (TPSA) is 25.2 Å². The van der Waals surface area contributed by atoms with Crippen LogP contribution in [-0.2, 0) is 0 Å². The van der Waals surface area contributed by atoms with Crippen molar-refractivity contribution in [2.45, 2.75) is 19.9 Å². The first-order chi connectivity index (χ1) is 8.63. The van der Waals surface area contributed by atoms with E-state index in [2.05, 4.69) is 18.3 Å². The lowest BCUT2D eigenvalue weighted by molar-refractivity contribution is 0.555. The van der Waals surface area contributed by atoms with Crippen LogP contribution in [-0.4, -0.2) is 6.54 Å². The second-order valence-electron chi connectivity index (χ2n) is 4.15. The minimum Gasteiger partial charge on any atom is -0.453 e. The second-order valence-corrected chi connectivity index (χ2v) is 4.90. The van der Waals surface area contributed by atoms with Crippen LogP contribution in [0.1, 0.15) is 29.7 Å². The van der Waals surface area contributed by atoms with Crippen molar-refractivity contribution in [2.75, 3.05) is 6.54 Å². The lowest BCUT2D eigenvalue weighted by Crippen LogP contribution is -2.21. The highest BCUT2D eigenvalue weighted by Gasteiger charge is 2.18. The lowest BCUT2D eigenvalue weighted by Gasteiger charge is -2.18. The van der Waals surface area contributed by atoms with E-state index in [1.54, 1.807) is 6.26 Å². The van der Waals surface area contributed by atoms with Crippen LogP contribution >= 0.6 is 23.2 Å². The van der Waals surface area contributed by atoms with Crippen LogP contribution in [0.5, 0.6) is 0 Å². The summed E-state index contributed by atoms with van der Waals surface area (Å²) in [5, 5.41) is 4.56. The number of furan rings is 1. The molecule has 0 radical (unpaired) electrons. The third-order valence-corrected chi connectivity index (χ3v) is 3.61. The minimum atomic E-state index is -0.000602. The number of nitrogens with one attached hydrogen (secondary N) is 1. The Balaban J connectivity index is 2.41. The summed E-state index contributed by atoms with van der Waals surface area (Å²) in [6.07, 6.45) is 1.60. The maximum Gasteiger partial charge on any atom is 0.198 e. The molecule has 4 heteroatoms. The number of rotatable bonds is 4. The fraction of sp³-hybridized carbons (Fsp3) is 0.286. The number of halogens is 2. The maximum atomic E-state index is 6.18. The van der Waals surface area contributed by atoms with Gasteiger partial charge in [-0.3, -0.25) is 0 Å². The van der Waals surface area contributed by atoms with Crippen molar-refractivity contribution < 1.29 is 4.42 Å². The molecule has 1 heterocycles. The molecule has 1 N–H and O–H groups in total. The molecule has 0 fully saturated rings. The predicted molar refractivity (Wildman–Crippen MR) is 75.4 cm³/mol. The van der Waals surface area contributed by atoms with Crippen LogP contribution < -0.4 is 5.32 Å². The van der Waals surface area contributed by atoms with E-state index in [0.717, 1.165) is 28.3 Å². The summed E-state index contributed by atoms with van der Waals surface area (Å²) in [7, 11) is 0. The van der Waals surface area contributed by atoms with Gasteiger partial charge in [0, 0.05) is 10.6 Å². The van der Waals surface area contributed by atoms with Crippen LogP contribution in [0, 0.1) is 6.92 Å². The molecule has 2 rings (SSSR count). The van der Waals surface area contributed by atoms with Crippen molar-refractivity contribution in [1.29, 1.82) is 0 Å². The second kappa shape index (κ2) is 5.79. The summed E-state index contributed by atoms with van der Waals surface area (Å²) in [4.78, 5) is 0. The smallest absolute Gasteiger partial charge is 0.198 e. The molecule has 0 saturated carbocycles. The van der Waals surface area contributed by atoms with Crippen LogP contribution in [0.3, 0.4) is 0 Å². The predicted octanol–water partition coefficient (Wildman–Crippen LogP) is 4.59. The van der Waals surface area contributed by atoms with E-state index in [1.807, 2.05) is 25.1 Å². The van der Waals surface area contributed by atoms with E-state index in [1.165, 1.54) is 0 Å². The van der Waals surface area contributed by atoms with Gasteiger partial charge >= 0.3 is 0 Å². The molecule has 0 spiro atoms. The molecule has 18 heavy (non-hydrogen) atoms. The molecular formula is C14H15Cl2NO. The molecular weight excluding hydrogens is 269 g/mol. The third-order valence-electron chi connectivity index (χ3n) is 2.89. The quantitative estimate of drug-likeness (QED) is 0.888. The molecule has 0 aliphatic rings. The molecule has 1 unspecified atom stereocenters. The van der Waals surface area contributed by atoms with Crippen molar-refractivity contribution in [1.82, 2.24) is 5.32 Å². The number of aryl methyl sites for hydroxylation is 1. The van der Waals surface area contributed by atoms with Gasteiger partial charge < -0.3 is 9.73 Å². The van der Waals surface area contributed by atoms with Gasteiger partial charge in [0.25, 0.3) is 0 Å². The highest BCUT2D eigenvalue weighted by Crippen LogP contribution is 2.31. The first kappa shape index (κ1) is 13.5. The average molecular weight is 284 g/mol. The van der Waals surface area contributed by atoms with E-state index in [0.29, 0.717) is 5.22 Å². The summed E-state index contributed by atoms with van der Waals surface area (Å²) in [6.45, 7) is 4.87. The summed E-state index contributed by atoms with van der Waals surface area (Å²) in [5.41, 5.74) is 3.07. The van der Waals surface area contributed by atoms with E-state index >= 15 is 0 Å². The number of benzene rings is 1. The monoisotopic (exact) mass is 283 g/mol. The average Bonchev–Trinajstić information content (AvgIpc) is 2.76. The largest absolute Gasteiger partial charge is 0.453 e.